The maximum absolute atomic E-state index is 5.61. The summed E-state index contributed by atoms with van der Waals surface area (Å²) in [5, 5.41) is 3.22. The van der Waals surface area contributed by atoms with Gasteiger partial charge in [0.1, 0.15) is 5.82 Å². The molecule has 0 bridgehead atoms. The summed E-state index contributed by atoms with van der Waals surface area (Å²) in [6.07, 6.45) is 6.13. The highest BCUT2D eigenvalue weighted by atomic mass is 16.5. The van der Waals surface area contributed by atoms with Crippen LogP contribution >= 0.6 is 0 Å². The summed E-state index contributed by atoms with van der Waals surface area (Å²) in [4.78, 5) is 12.7. The van der Waals surface area contributed by atoms with Crippen LogP contribution in [0.25, 0.3) is 0 Å². The summed E-state index contributed by atoms with van der Waals surface area (Å²) in [7, 11) is 0. The SMILES string of the molecule is CCCOc1ncccc1CNc1cncc(C)n1. The first-order valence-corrected chi connectivity index (χ1v) is 6.39. The van der Waals surface area contributed by atoms with Crippen molar-refractivity contribution in [3.8, 4) is 5.88 Å². The van der Waals surface area contributed by atoms with Crippen LogP contribution in [-0.2, 0) is 6.54 Å². The van der Waals surface area contributed by atoms with Crippen molar-refractivity contribution in [1.29, 1.82) is 0 Å². The number of anilines is 1. The maximum Gasteiger partial charge on any atom is 0.218 e. The molecule has 2 aromatic rings. The molecule has 5 heteroatoms. The molecule has 0 aromatic carbocycles. The van der Waals surface area contributed by atoms with E-state index in [0.29, 0.717) is 19.0 Å². The molecule has 5 nitrogen and oxygen atoms in total. The number of aromatic nitrogens is 3. The van der Waals surface area contributed by atoms with Crippen molar-refractivity contribution in [2.45, 2.75) is 26.8 Å². The Labute approximate surface area is 113 Å². The van der Waals surface area contributed by atoms with E-state index >= 15 is 0 Å². The normalized spacial score (nSPS) is 10.2. The highest BCUT2D eigenvalue weighted by Crippen LogP contribution is 2.16. The van der Waals surface area contributed by atoms with Crippen molar-refractivity contribution in [3.63, 3.8) is 0 Å². The van der Waals surface area contributed by atoms with E-state index in [1.807, 2.05) is 19.1 Å². The van der Waals surface area contributed by atoms with Gasteiger partial charge in [-0.2, -0.15) is 0 Å². The number of nitrogens with one attached hydrogen (secondary N) is 1. The molecule has 100 valence electrons. The lowest BCUT2D eigenvalue weighted by Crippen LogP contribution is -2.06. The number of hydrogen-bond donors (Lipinski definition) is 1. The van der Waals surface area contributed by atoms with E-state index in [2.05, 4.69) is 27.2 Å². The van der Waals surface area contributed by atoms with Gasteiger partial charge in [0.2, 0.25) is 5.88 Å². The van der Waals surface area contributed by atoms with Crippen molar-refractivity contribution in [3.05, 3.63) is 42.0 Å². The number of rotatable bonds is 6. The van der Waals surface area contributed by atoms with Crippen LogP contribution in [0, 0.1) is 6.92 Å². The van der Waals surface area contributed by atoms with Crippen molar-refractivity contribution in [1.82, 2.24) is 15.0 Å². The topological polar surface area (TPSA) is 59.9 Å². The number of ether oxygens (including phenoxy) is 1. The third-order valence-electron chi connectivity index (χ3n) is 2.51. The Morgan fingerprint density at radius 2 is 2.21 bits per heavy atom. The Balaban J connectivity index is 2.02. The molecular formula is C14H18N4O. The van der Waals surface area contributed by atoms with Gasteiger partial charge in [-0.3, -0.25) is 4.98 Å². The van der Waals surface area contributed by atoms with E-state index in [0.717, 1.165) is 23.5 Å². The molecule has 0 aliphatic heterocycles. The quantitative estimate of drug-likeness (QED) is 0.863. The Bertz CT molecular complexity index is 530. The maximum atomic E-state index is 5.61. The van der Waals surface area contributed by atoms with Crippen LogP contribution in [0.2, 0.25) is 0 Å². The van der Waals surface area contributed by atoms with Crippen LogP contribution < -0.4 is 10.1 Å². The van der Waals surface area contributed by atoms with Crippen LogP contribution in [0.5, 0.6) is 5.88 Å². The fourth-order valence-electron chi connectivity index (χ4n) is 1.62. The molecule has 1 N–H and O–H groups in total. The number of nitrogens with zero attached hydrogens (tertiary/aromatic N) is 3. The third-order valence-corrected chi connectivity index (χ3v) is 2.51. The van der Waals surface area contributed by atoms with E-state index in [1.165, 1.54) is 0 Å². The zero-order valence-corrected chi connectivity index (χ0v) is 11.3. The summed E-state index contributed by atoms with van der Waals surface area (Å²) in [5.41, 5.74) is 1.90. The third kappa shape index (κ3) is 3.91. The molecule has 0 saturated carbocycles. The lowest BCUT2D eigenvalue weighted by molar-refractivity contribution is 0.302. The predicted octanol–water partition coefficient (Wildman–Crippen LogP) is 2.58. The molecule has 0 aliphatic carbocycles. The van der Waals surface area contributed by atoms with Gasteiger partial charge in [-0.25, -0.2) is 9.97 Å². The molecule has 0 atom stereocenters. The molecule has 0 saturated heterocycles. The highest BCUT2D eigenvalue weighted by Gasteiger charge is 2.04. The monoisotopic (exact) mass is 258 g/mol. The van der Waals surface area contributed by atoms with E-state index in [-0.39, 0.29) is 0 Å². The molecular weight excluding hydrogens is 240 g/mol. The molecule has 2 heterocycles. The smallest absolute Gasteiger partial charge is 0.218 e. The van der Waals surface area contributed by atoms with Gasteiger partial charge in [0.25, 0.3) is 0 Å². The zero-order valence-electron chi connectivity index (χ0n) is 11.3. The Kier molecular flexibility index (Phi) is 4.66. The van der Waals surface area contributed by atoms with Crippen molar-refractivity contribution in [2.75, 3.05) is 11.9 Å². The van der Waals surface area contributed by atoms with E-state index in [4.69, 9.17) is 4.74 Å². The summed E-state index contributed by atoms with van der Waals surface area (Å²) >= 11 is 0. The molecule has 2 rings (SSSR count). The van der Waals surface area contributed by atoms with Crippen LogP contribution in [0.4, 0.5) is 5.82 Å². The van der Waals surface area contributed by atoms with Crippen LogP contribution in [0.1, 0.15) is 24.6 Å². The molecule has 0 amide bonds. The lowest BCUT2D eigenvalue weighted by Gasteiger charge is -2.10. The molecule has 2 aromatic heterocycles. The van der Waals surface area contributed by atoms with Gasteiger partial charge >= 0.3 is 0 Å². The van der Waals surface area contributed by atoms with E-state index < -0.39 is 0 Å². The fraction of sp³-hybridized carbons (Fsp3) is 0.357. The fourth-order valence-corrected chi connectivity index (χ4v) is 1.62. The van der Waals surface area contributed by atoms with Gasteiger partial charge in [0.15, 0.2) is 0 Å². The van der Waals surface area contributed by atoms with Crippen LogP contribution in [0.3, 0.4) is 0 Å². The average Bonchev–Trinajstić information content (AvgIpc) is 2.44. The highest BCUT2D eigenvalue weighted by molar-refractivity contribution is 5.35. The van der Waals surface area contributed by atoms with Crippen molar-refractivity contribution in [2.24, 2.45) is 0 Å². The molecule has 19 heavy (non-hydrogen) atoms. The lowest BCUT2D eigenvalue weighted by atomic mass is 10.2. The predicted molar refractivity (Wildman–Crippen MR) is 74.1 cm³/mol. The second-order valence-corrected chi connectivity index (χ2v) is 4.22. The first kappa shape index (κ1) is 13.3. The van der Waals surface area contributed by atoms with Crippen molar-refractivity contribution < 1.29 is 4.74 Å². The molecule has 0 aliphatic rings. The zero-order chi connectivity index (χ0) is 13.5. The van der Waals surface area contributed by atoms with Crippen LogP contribution in [-0.4, -0.2) is 21.6 Å². The summed E-state index contributed by atoms with van der Waals surface area (Å²) in [6, 6.07) is 3.89. The minimum atomic E-state index is 0.616. The molecule has 0 fully saturated rings. The summed E-state index contributed by atoms with van der Waals surface area (Å²) in [5.74, 6) is 1.43. The number of hydrogen-bond acceptors (Lipinski definition) is 5. The Morgan fingerprint density at radius 3 is 3.00 bits per heavy atom. The largest absolute Gasteiger partial charge is 0.477 e. The molecule has 0 unspecified atom stereocenters. The van der Waals surface area contributed by atoms with Gasteiger partial charge in [-0.1, -0.05) is 13.0 Å². The van der Waals surface area contributed by atoms with Crippen LogP contribution in [0.15, 0.2) is 30.7 Å². The Morgan fingerprint density at radius 1 is 1.32 bits per heavy atom. The first-order chi connectivity index (χ1) is 9.29. The number of pyridine rings is 1. The van der Waals surface area contributed by atoms with E-state index in [9.17, 15) is 0 Å². The van der Waals surface area contributed by atoms with Crippen molar-refractivity contribution >= 4 is 5.82 Å². The van der Waals surface area contributed by atoms with Gasteiger partial charge in [0.05, 0.1) is 18.5 Å². The molecule has 0 radical (unpaired) electrons. The van der Waals surface area contributed by atoms with Gasteiger partial charge in [-0.15, -0.1) is 0 Å². The summed E-state index contributed by atoms with van der Waals surface area (Å²) < 4.78 is 5.61. The minimum Gasteiger partial charge on any atom is -0.477 e. The second-order valence-electron chi connectivity index (χ2n) is 4.22. The minimum absolute atomic E-state index is 0.616. The van der Waals surface area contributed by atoms with Gasteiger partial charge in [0, 0.05) is 24.5 Å². The van der Waals surface area contributed by atoms with Gasteiger partial charge < -0.3 is 10.1 Å². The molecule has 0 spiro atoms. The summed E-state index contributed by atoms with van der Waals surface area (Å²) in [6.45, 7) is 5.28. The second kappa shape index (κ2) is 6.68. The average molecular weight is 258 g/mol. The number of aryl methyl sites for hydroxylation is 1. The Hall–Kier alpha value is -2.17. The first-order valence-electron chi connectivity index (χ1n) is 6.39. The standard InChI is InChI=1S/C14H18N4O/c1-3-7-19-14-12(5-4-6-16-14)9-17-13-10-15-8-11(2)18-13/h4-6,8,10H,3,7,9H2,1-2H3,(H,17,18). The van der Waals surface area contributed by atoms with E-state index in [1.54, 1.807) is 18.6 Å². The van der Waals surface area contributed by atoms with Gasteiger partial charge in [-0.05, 0) is 19.4 Å².